The van der Waals surface area contributed by atoms with E-state index in [0.717, 1.165) is 16.9 Å². The number of para-hydroxylation sites is 1. The van der Waals surface area contributed by atoms with E-state index in [0.29, 0.717) is 18.1 Å². The molecule has 0 radical (unpaired) electrons. The van der Waals surface area contributed by atoms with Gasteiger partial charge >= 0.3 is 51.4 Å². The second kappa shape index (κ2) is 7.37. The minimum atomic E-state index is 0. The van der Waals surface area contributed by atoms with Crippen LogP contribution in [0.1, 0.15) is 11.1 Å². The minimum absolute atomic E-state index is 0. The van der Waals surface area contributed by atoms with Gasteiger partial charge in [0.05, 0.1) is 7.11 Å². The second-order valence-electron chi connectivity index (χ2n) is 3.81. The number of nitrogen functional groups attached to an aromatic ring is 2. The van der Waals surface area contributed by atoms with Crippen LogP contribution in [0.15, 0.2) is 24.3 Å². The fourth-order valence-electron chi connectivity index (χ4n) is 1.76. The van der Waals surface area contributed by atoms with Crippen molar-refractivity contribution >= 4 is 23.9 Å². The van der Waals surface area contributed by atoms with Crippen LogP contribution in [0, 0.1) is 4.77 Å². The first kappa shape index (κ1) is 16.6. The summed E-state index contributed by atoms with van der Waals surface area (Å²) < 4.78 is 5.57. The summed E-state index contributed by atoms with van der Waals surface area (Å²) >= 11 is 4.91. The maximum absolute atomic E-state index is 5.88. The zero-order valence-corrected chi connectivity index (χ0v) is 14.9. The van der Waals surface area contributed by atoms with Crippen LogP contribution in [0.3, 0.4) is 0 Å². The molecule has 0 aliphatic rings. The van der Waals surface area contributed by atoms with E-state index >= 15 is 0 Å². The smallest absolute Gasteiger partial charge is 0.496 e. The van der Waals surface area contributed by atoms with Crippen molar-refractivity contribution in [3.05, 3.63) is 40.2 Å². The first-order valence-corrected chi connectivity index (χ1v) is 5.78. The van der Waals surface area contributed by atoms with Crippen LogP contribution in [0.4, 0.5) is 11.6 Å². The number of nitrogens with zero attached hydrogens (tertiary/aromatic N) is 1. The Morgan fingerprint density at radius 2 is 2.00 bits per heavy atom. The van der Waals surface area contributed by atoms with Crippen molar-refractivity contribution in [2.45, 2.75) is 6.42 Å². The van der Waals surface area contributed by atoms with Crippen LogP contribution in [0.2, 0.25) is 0 Å². The summed E-state index contributed by atoms with van der Waals surface area (Å²) in [6, 6.07) is 7.69. The molecule has 0 aliphatic heterocycles. The molecule has 7 heteroatoms. The van der Waals surface area contributed by atoms with Gasteiger partial charge in [-0.15, -0.1) is 0 Å². The summed E-state index contributed by atoms with van der Waals surface area (Å²) in [5, 5.41) is 0. The molecular weight excluding hydrogens is 287 g/mol. The average Bonchev–Trinajstić information content (AvgIpc) is 2.34. The van der Waals surface area contributed by atoms with E-state index in [1.807, 2.05) is 24.3 Å². The Bertz CT molecular complexity index is 603. The topological polar surface area (TPSA) is 90.0 Å². The molecule has 2 rings (SSSR count). The van der Waals surface area contributed by atoms with Crippen LogP contribution in [0.25, 0.3) is 0 Å². The first-order valence-electron chi connectivity index (χ1n) is 5.38. The van der Waals surface area contributed by atoms with Crippen LogP contribution in [0.5, 0.6) is 5.75 Å². The molecule has 1 aromatic carbocycles. The van der Waals surface area contributed by atoms with Gasteiger partial charge in [-0.1, -0.05) is 18.2 Å². The number of anilines is 2. The van der Waals surface area contributed by atoms with Crippen molar-refractivity contribution in [2.75, 3.05) is 18.6 Å². The molecule has 0 saturated carbocycles. The van der Waals surface area contributed by atoms with Crippen molar-refractivity contribution < 1.29 is 56.1 Å². The Hall–Kier alpha value is -0.444. The Morgan fingerprint density at radius 3 is 2.63 bits per heavy atom. The molecule has 5 nitrogen and oxygen atoms in total. The van der Waals surface area contributed by atoms with Gasteiger partial charge in [0.2, 0.25) is 0 Å². The molecule has 0 bridgehead atoms. The molecule has 0 saturated heterocycles. The Labute approximate surface area is 159 Å². The molecule has 0 unspecified atom stereocenters. The predicted molar refractivity (Wildman–Crippen MR) is 74.0 cm³/mol. The number of benzene rings is 1. The summed E-state index contributed by atoms with van der Waals surface area (Å²) in [6.07, 6.45) is 0.542. The quantitative estimate of drug-likeness (QED) is 0.495. The molecule has 1 heterocycles. The molecule has 5 N–H and O–H groups in total. The van der Waals surface area contributed by atoms with Gasteiger partial charge in [0.15, 0.2) is 4.77 Å². The van der Waals surface area contributed by atoms with Crippen LogP contribution < -0.4 is 67.6 Å². The number of hydrogen-bond donors (Lipinski definition) is 3. The van der Waals surface area contributed by atoms with Gasteiger partial charge in [-0.2, -0.15) is 0 Å². The van der Waals surface area contributed by atoms with E-state index in [4.69, 9.17) is 28.4 Å². The van der Waals surface area contributed by atoms with Crippen molar-refractivity contribution in [1.29, 1.82) is 0 Å². The van der Waals surface area contributed by atoms with Gasteiger partial charge in [0.1, 0.15) is 17.4 Å². The van der Waals surface area contributed by atoms with Crippen LogP contribution in [-0.4, -0.2) is 17.1 Å². The Kier molecular flexibility index (Phi) is 6.44. The number of nitrogens with two attached hydrogens (primary N) is 2. The Balaban J connectivity index is 0.00000180. The largest absolute Gasteiger partial charge is 1.00 e. The van der Waals surface area contributed by atoms with Crippen molar-refractivity contribution in [3.8, 4) is 5.75 Å². The molecule has 1 aromatic heterocycles. The fourth-order valence-corrected chi connectivity index (χ4v) is 1.97. The zero-order chi connectivity index (χ0) is 13.1. The summed E-state index contributed by atoms with van der Waals surface area (Å²) in [6.45, 7) is 0. The number of aromatic nitrogens is 2. The second-order valence-corrected chi connectivity index (χ2v) is 4.19. The average molecular weight is 301 g/mol. The van der Waals surface area contributed by atoms with Gasteiger partial charge in [0.25, 0.3) is 0 Å². The van der Waals surface area contributed by atoms with E-state index in [1.54, 1.807) is 7.11 Å². The van der Waals surface area contributed by atoms with Gasteiger partial charge in [-0.25, -0.2) is 4.98 Å². The molecule has 0 spiro atoms. The third-order valence-electron chi connectivity index (χ3n) is 2.66. The van der Waals surface area contributed by atoms with Gasteiger partial charge in [0, 0.05) is 12.0 Å². The van der Waals surface area contributed by atoms with Crippen molar-refractivity contribution in [3.63, 3.8) is 0 Å². The van der Waals surface area contributed by atoms with Gasteiger partial charge in [-0.05, 0) is 23.8 Å². The fraction of sp³-hybridized carbons (Fsp3) is 0.167. The molecule has 0 aliphatic carbocycles. The predicted octanol–water partition coefficient (Wildman–Crippen LogP) is -1.09. The number of aromatic amines is 1. The molecular formula is C12H14KN4OS+. The third kappa shape index (κ3) is 4.01. The zero-order valence-electron chi connectivity index (χ0n) is 10.9. The molecule has 0 fully saturated rings. The van der Waals surface area contributed by atoms with E-state index < -0.39 is 0 Å². The SMILES string of the molecule is COc1ccccc1Cc1c(N)nc(=S)[nH]c1N.[K+]. The monoisotopic (exact) mass is 301 g/mol. The first-order chi connectivity index (χ1) is 8.61. The Morgan fingerprint density at radius 1 is 1.32 bits per heavy atom. The summed E-state index contributed by atoms with van der Waals surface area (Å²) in [5.74, 6) is 1.58. The van der Waals surface area contributed by atoms with Crippen molar-refractivity contribution in [1.82, 2.24) is 9.97 Å². The van der Waals surface area contributed by atoms with E-state index in [2.05, 4.69) is 9.97 Å². The number of methoxy groups -OCH3 is 1. The number of ether oxygens (including phenoxy) is 1. The maximum atomic E-state index is 5.88. The van der Waals surface area contributed by atoms with E-state index in [-0.39, 0.29) is 56.2 Å². The third-order valence-corrected chi connectivity index (χ3v) is 2.85. The summed E-state index contributed by atoms with van der Waals surface area (Å²) in [4.78, 5) is 6.80. The number of hydrogen-bond acceptors (Lipinski definition) is 5. The normalized spacial score (nSPS) is 9.74. The van der Waals surface area contributed by atoms with Crippen LogP contribution >= 0.6 is 12.2 Å². The number of nitrogens with one attached hydrogen (secondary N) is 1. The van der Waals surface area contributed by atoms with Crippen molar-refractivity contribution in [2.24, 2.45) is 0 Å². The van der Waals surface area contributed by atoms with E-state index in [1.165, 1.54) is 0 Å². The van der Waals surface area contributed by atoms with Gasteiger partial charge < -0.3 is 21.2 Å². The molecule has 0 atom stereocenters. The number of rotatable bonds is 3. The van der Waals surface area contributed by atoms with Crippen LogP contribution in [-0.2, 0) is 6.42 Å². The molecule has 19 heavy (non-hydrogen) atoms. The minimum Gasteiger partial charge on any atom is -0.496 e. The van der Waals surface area contributed by atoms with E-state index in [9.17, 15) is 0 Å². The van der Waals surface area contributed by atoms with Gasteiger partial charge in [-0.3, -0.25) is 0 Å². The molecule has 94 valence electrons. The maximum Gasteiger partial charge on any atom is 1.00 e. The summed E-state index contributed by atoms with van der Waals surface area (Å²) in [5.41, 5.74) is 13.4. The standard InChI is InChI=1S/C12H14N4OS.K/c1-17-9-5-3-2-4-7(9)6-8-10(13)15-12(18)16-11(8)14;/h2-5H,6H2,1H3,(H5,13,14,15,16,18);/q;+1. The summed E-state index contributed by atoms with van der Waals surface area (Å²) in [7, 11) is 1.63. The molecule has 0 amide bonds. The molecule has 2 aromatic rings. The number of H-pyrrole nitrogens is 1.